The lowest BCUT2D eigenvalue weighted by atomic mass is 10.2. The molecular formula is C16H16FNO2S. The lowest BCUT2D eigenvalue weighted by Gasteiger charge is -2.23. The number of halogens is 1. The maximum atomic E-state index is 13.0. The van der Waals surface area contributed by atoms with E-state index in [-0.39, 0.29) is 5.82 Å². The van der Waals surface area contributed by atoms with Crippen molar-refractivity contribution >= 4 is 29.1 Å². The monoisotopic (exact) mass is 305 g/mol. The number of nitrogens with zero attached hydrogens (tertiary/aromatic N) is 1. The second-order valence-corrected chi connectivity index (χ2v) is 5.46. The van der Waals surface area contributed by atoms with Crippen molar-refractivity contribution in [1.82, 2.24) is 0 Å². The molecule has 2 aromatic rings. The van der Waals surface area contributed by atoms with E-state index >= 15 is 0 Å². The van der Waals surface area contributed by atoms with Crippen molar-refractivity contribution in [2.75, 3.05) is 11.4 Å². The molecule has 0 bridgehead atoms. The van der Waals surface area contributed by atoms with E-state index in [2.05, 4.69) is 4.90 Å². The number of benzene rings is 1. The molecule has 0 saturated carbocycles. The summed E-state index contributed by atoms with van der Waals surface area (Å²) in [6, 6.07) is 8.28. The number of carbonyl (C=O) groups is 1. The van der Waals surface area contributed by atoms with Crippen LogP contribution in [0.5, 0.6) is 0 Å². The molecular weight excluding hydrogens is 289 g/mol. The average Bonchev–Trinajstić information content (AvgIpc) is 2.91. The molecule has 0 aliphatic heterocycles. The Bertz CT molecular complexity index is 634. The van der Waals surface area contributed by atoms with Crippen molar-refractivity contribution in [1.29, 1.82) is 0 Å². The minimum atomic E-state index is -0.960. The summed E-state index contributed by atoms with van der Waals surface area (Å²) in [5.41, 5.74) is 1.85. The van der Waals surface area contributed by atoms with Crippen LogP contribution >= 0.6 is 11.3 Å². The van der Waals surface area contributed by atoms with E-state index in [0.29, 0.717) is 6.54 Å². The van der Waals surface area contributed by atoms with Gasteiger partial charge in [0.05, 0.1) is 6.54 Å². The van der Waals surface area contributed by atoms with Gasteiger partial charge >= 0.3 is 5.97 Å². The van der Waals surface area contributed by atoms with E-state index in [1.807, 2.05) is 18.4 Å². The summed E-state index contributed by atoms with van der Waals surface area (Å²) in [4.78, 5) is 13.8. The van der Waals surface area contributed by atoms with Crippen LogP contribution in [0.1, 0.15) is 17.4 Å². The Kier molecular flexibility index (Phi) is 5.11. The van der Waals surface area contributed by atoms with Crippen LogP contribution in [0.2, 0.25) is 0 Å². The summed E-state index contributed by atoms with van der Waals surface area (Å²) >= 11 is 1.58. The molecule has 3 nitrogen and oxygen atoms in total. The smallest absolute Gasteiger partial charge is 0.328 e. The van der Waals surface area contributed by atoms with E-state index in [4.69, 9.17) is 5.11 Å². The minimum Gasteiger partial charge on any atom is -0.478 e. The molecule has 2 rings (SSSR count). The first kappa shape index (κ1) is 15.3. The molecule has 1 N–H and O–H groups in total. The number of anilines is 1. The Balaban J connectivity index is 2.17. The Morgan fingerprint density at radius 2 is 2.05 bits per heavy atom. The van der Waals surface area contributed by atoms with Gasteiger partial charge in [-0.3, -0.25) is 0 Å². The second-order valence-electron chi connectivity index (χ2n) is 4.46. The number of hydrogen-bond acceptors (Lipinski definition) is 3. The van der Waals surface area contributed by atoms with E-state index in [0.717, 1.165) is 28.7 Å². The second kappa shape index (κ2) is 7.04. The van der Waals surface area contributed by atoms with Gasteiger partial charge in [0.1, 0.15) is 5.82 Å². The molecule has 110 valence electrons. The summed E-state index contributed by atoms with van der Waals surface area (Å²) in [6.45, 7) is 3.48. The predicted molar refractivity (Wildman–Crippen MR) is 84.1 cm³/mol. The van der Waals surface area contributed by atoms with Crippen molar-refractivity contribution in [3.8, 4) is 0 Å². The molecule has 0 atom stereocenters. The van der Waals surface area contributed by atoms with Crippen LogP contribution in [-0.2, 0) is 11.3 Å². The molecule has 1 aromatic carbocycles. The maximum Gasteiger partial charge on any atom is 0.328 e. The fourth-order valence-electron chi connectivity index (χ4n) is 2.00. The standard InChI is InChI=1S/C16H16FNO2S/c1-2-18(14-6-4-13(17)5-7-14)11-15-12(9-10-21-15)3-8-16(19)20/h3-10H,2,11H2,1H3,(H,19,20). The van der Waals surface area contributed by atoms with E-state index in [1.54, 1.807) is 29.5 Å². The lowest BCUT2D eigenvalue weighted by Crippen LogP contribution is -2.21. The highest BCUT2D eigenvalue weighted by Gasteiger charge is 2.09. The number of carboxylic acids is 1. The SMILES string of the molecule is CCN(Cc1sccc1C=CC(=O)O)c1ccc(F)cc1. The highest BCUT2D eigenvalue weighted by molar-refractivity contribution is 7.10. The number of thiophene rings is 1. The zero-order valence-electron chi connectivity index (χ0n) is 11.6. The van der Waals surface area contributed by atoms with Crippen LogP contribution in [-0.4, -0.2) is 17.6 Å². The molecule has 0 radical (unpaired) electrons. The van der Waals surface area contributed by atoms with Crippen LogP contribution in [0.25, 0.3) is 6.08 Å². The van der Waals surface area contributed by atoms with Crippen LogP contribution in [0.15, 0.2) is 41.8 Å². The molecule has 1 aromatic heterocycles. The van der Waals surface area contributed by atoms with Gasteiger partial charge in [-0.05, 0) is 54.3 Å². The molecule has 1 heterocycles. The van der Waals surface area contributed by atoms with Crippen LogP contribution in [0.4, 0.5) is 10.1 Å². The largest absolute Gasteiger partial charge is 0.478 e. The van der Waals surface area contributed by atoms with Gasteiger partial charge in [-0.1, -0.05) is 0 Å². The Labute approximate surface area is 127 Å². The van der Waals surface area contributed by atoms with Gasteiger partial charge in [0.15, 0.2) is 0 Å². The molecule has 0 aliphatic carbocycles. The maximum absolute atomic E-state index is 13.0. The molecule has 0 spiro atoms. The molecule has 0 amide bonds. The number of hydrogen-bond donors (Lipinski definition) is 1. The van der Waals surface area contributed by atoms with E-state index < -0.39 is 5.97 Å². The molecule has 0 fully saturated rings. The van der Waals surface area contributed by atoms with Crippen LogP contribution in [0, 0.1) is 5.82 Å². The third-order valence-corrected chi connectivity index (χ3v) is 4.01. The van der Waals surface area contributed by atoms with Gasteiger partial charge in [-0.2, -0.15) is 0 Å². The lowest BCUT2D eigenvalue weighted by molar-refractivity contribution is -0.131. The Morgan fingerprint density at radius 3 is 2.67 bits per heavy atom. The highest BCUT2D eigenvalue weighted by atomic mass is 32.1. The molecule has 0 aliphatic rings. The van der Waals surface area contributed by atoms with Crippen LogP contribution < -0.4 is 4.90 Å². The molecule has 0 saturated heterocycles. The number of carboxylic acid groups (broad SMARTS) is 1. The molecule has 0 unspecified atom stereocenters. The normalized spacial score (nSPS) is 11.0. The van der Waals surface area contributed by atoms with E-state index in [9.17, 15) is 9.18 Å². The Morgan fingerprint density at radius 1 is 1.33 bits per heavy atom. The summed E-state index contributed by atoms with van der Waals surface area (Å²) in [5, 5.41) is 10.6. The highest BCUT2D eigenvalue weighted by Crippen LogP contribution is 2.24. The first-order valence-electron chi connectivity index (χ1n) is 6.58. The topological polar surface area (TPSA) is 40.5 Å². The zero-order chi connectivity index (χ0) is 15.2. The quantitative estimate of drug-likeness (QED) is 0.820. The minimum absolute atomic E-state index is 0.254. The number of aliphatic carboxylic acids is 1. The fourth-order valence-corrected chi connectivity index (χ4v) is 2.88. The zero-order valence-corrected chi connectivity index (χ0v) is 12.4. The first-order chi connectivity index (χ1) is 10.1. The van der Waals surface area contributed by atoms with Gasteiger partial charge in [0.2, 0.25) is 0 Å². The van der Waals surface area contributed by atoms with Crippen LogP contribution in [0.3, 0.4) is 0 Å². The summed E-state index contributed by atoms with van der Waals surface area (Å²) in [5.74, 6) is -1.21. The molecule has 21 heavy (non-hydrogen) atoms. The van der Waals surface area contributed by atoms with Gasteiger partial charge in [0, 0.05) is 23.2 Å². The van der Waals surface area contributed by atoms with Gasteiger partial charge in [0.25, 0.3) is 0 Å². The van der Waals surface area contributed by atoms with Gasteiger partial charge < -0.3 is 10.0 Å². The predicted octanol–water partition coefficient (Wildman–Crippen LogP) is 4.01. The average molecular weight is 305 g/mol. The summed E-state index contributed by atoms with van der Waals surface area (Å²) < 4.78 is 13.0. The number of rotatable bonds is 6. The fraction of sp³-hybridized carbons (Fsp3) is 0.188. The van der Waals surface area contributed by atoms with Crippen molar-refractivity contribution in [3.05, 3.63) is 58.0 Å². The van der Waals surface area contributed by atoms with Gasteiger partial charge in [-0.25, -0.2) is 9.18 Å². The van der Waals surface area contributed by atoms with E-state index in [1.165, 1.54) is 12.1 Å². The van der Waals surface area contributed by atoms with Crippen molar-refractivity contribution in [2.45, 2.75) is 13.5 Å². The third kappa shape index (κ3) is 4.16. The molecule has 5 heteroatoms. The Hall–Kier alpha value is -2.14. The summed E-state index contributed by atoms with van der Waals surface area (Å²) in [7, 11) is 0. The third-order valence-electron chi connectivity index (χ3n) is 3.09. The van der Waals surface area contributed by atoms with Gasteiger partial charge in [-0.15, -0.1) is 11.3 Å². The van der Waals surface area contributed by atoms with Crippen molar-refractivity contribution < 1.29 is 14.3 Å². The first-order valence-corrected chi connectivity index (χ1v) is 7.46. The summed E-state index contributed by atoms with van der Waals surface area (Å²) in [6.07, 6.45) is 2.74. The van der Waals surface area contributed by atoms with Crippen molar-refractivity contribution in [2.24, 2.45) is 0 Å². The van der Waals surface area contributed by atoms with Crippen molar-refractivity contribution in [3.63, 3.8) is 0 Å².